The number of anilines is 2. The van der Waals surface area contributed by atoms with Crippen LogP contribution in [0.3, 0.4) is 0 Å². The molecule has 4 aromatic rings. The zero-order valence-electron chi connectivity index (χ0n) is 54.4. The maximum atomic E-state index is 14.2. The number of alkyl halides is 1. The van der Waals surface area contributed by atoms with Gasteiger partial charge < -0.3 is 71.4 Å². The van der Waals surface area contributed by atoms with Gasteiger partial charge in [0, 0.05) is 85.5 Å². The van der Waals surface area contributed by atoms with E-state index in [0.29, 0.717) is 83.6 Å². The summed E-state index contributed by atoms with van der Waals surface area (Å²) >= 11 is 6.44. The molecule has 0 saturated heterocycles. The molecule has 28 heteroatoms. The van der Waals surface area contributed by atoms with Crippen LogP contribution in [0, 0.1) is 18.8 Å². The third kappa shape index (κ3) is 17.5. The fraction of sp³-hybridized carbons (Fsp3) is 0.400. The van der Waals surface area contributed by atoms with E-state index in [9.17, 15) is 57.8 Å². The Morgan fingerprint density at radius 3 is 2.28 bits per heavy atom. The molecule has 10 amide bonds. The molecule has 1 saturated carbocycles. The van der Waals surface area contributed by atoms with E-state index in [0.717, 1.165) is 63.6 Å². The number of carboxylic acids is 1. The van der Waals surface area contributed by atoms with Crippen LogP contribution in [0.2, 0.25) is 0 Å². The number of methoxy groups -OCH3 is 1. The average Bonchev–Trinajstić information content (AvgIpc) is 1.56. The normalized spacial score (nSPS) is 18.3. The van der Waals surface area contributed by atoms with Crippen LogP contribution in [0.5, 0.6) is 17.2 Å². The van der Waals surface area contributed by atoms with Crippen molar-refractivity contribution < 1.29 is 77.2 Å². The highest BCUT2D eigenvalue weighted by atomic mass is 35.5. The van der Waals surface area contributed by atoms with E-state index in [1.54, 1.807) is 52.5 Å². The van der Waals surface area contributed by atoms with Crippen molar-refractivity contribution in [3.63, 3.8) is 0 Å². The lowest BCUT2D eigenvalue weighted by molar-refractivity contribution is -0.145. The van der Waals surface area contributed by atoms with Gasteiger partial charge in [-0.15, -0.1) is 11.6 Å². The maximum Gasteiger partial charge on any atom is 0.317 e. The molecule has 2 aliphatic carbocycles. The summed E-state index contributed by atoms with van der Waals surface area (Å²) in [6, 6.07) is 14.8. The van der Waals surface area contributed by atoms with E-state index in [-0.39, 0.29) is 67.5 Å². The molecule has 4 aliphatic heterocycles. The maximum absolute atomic E-state index is 14.2. The van der Waals surface area contributed by atoms with Crippen molar-refractivity contribution in [2.45, 2.75) is 102 Å². The molecule has 516 valence electrons. The summed E-state index contributed by atoms with van der Waals surface area (Å²) < 4.78 is 17.8. The SMILES string of the molecule is COc1cc2c(cc1OCCCCC(=O)N1CC(CCl)c3c1cc(O)c1cccc(C)c31)N=C[C@@H]1CC(c3ccc(NC(=O)C(CC4CC4)OCNC(=O)CNC(=O)[C@H](CC4=CC=CC(C)C4)NC(=O)CNC(=O)CNC(=O)C(CNCC(=O)O)N4C(=O)C=CC4=O)cc3)=CN1C2=O. The van der Waals surface area contributed by atoms with E-state index in [1.807, 2.05) is 62.4 Å². The number of carbonyl (C=O) groups is 11. The number of hydrogen-bond donors (Lipinski definition) is 9. The molecule has 6 atom stereocenters. The number of imide groups is 1. The van der Waals surface area contributed by atoms with Gasteiger partial charge >= 0.3 is 5.97 Å². The fourth-order valence-corrected chi connectivity index (χ4v) is 12.7. The lowest BCUT2D eigenvalue weighted by atomic mass is 9.91. The van der Waals surface area contributed by atoms with Crippen molar-refractivity contribution in [3.05, 3.63) is 125 Å². The largest absolute Gasteiger partial charge is 0.507 e. The predicted molar refractivity (Wildman–Crippen MR) is 361 cm³/mol. The number of halogens is 1. The minimum Gasteiger partial charge on any atom is -0.507 e. The van der Waals surface area contributed by atoms with Crippen molar-refractivity contribution >= 4 is 116 Å². The highest BCUT2D eigenvalue weighted by molar-refractivity contribution is 6.19. The van der Waals surface area contributed by atoms with Crippen molar-refractivity contribution in [3.8, 4) is 17.2 Å². The zero-order chi connectivity index (χ0) is 69.7. The second-order valence-corrected chi connectivity index (χ2v) is 25.2. The molecule has 1 fully saturated rings. The van der Waals surface area contributed by atoms with Gasteiger partial charge in [0.15, 0.2) is 11.5 Å². The number of allylic oxidation sites excluding steroid dienone is 3. The Morgan fingerprint density at radius 1 is 0.827 bits per heavy atom. The van der Waals surface area contributed by atoms with Crippen molar-refractivity contribution in [1.29, 1.82) is 0 Å². The molecule has 6 aliphatic rings. The number of phenols is 1. The second kappa shape index (κ2) is 32.2. The minimum atomic E-state index is -1.50. The van der Waals surface area contributed by atoms with Gasteiger partial charge in [-0.3, -0.25) is 62.6 Å². The van der Waals surface area contributed by atoms with Crippen molar-refractivity contribution in [1.82, 2.24) is 41.7 Å². The molecule has 9 N–H and O–H groups in total. The Balaban J connectivity index is 0.666. The number of carbonyl (C=O) groups excluding carboxylic acids is 10. The summed E-state index contributed by atoms with van der Waals surface area (Å²) in [4.78, 5) is 152. The van der Waals surface area contributed by atoms with Crippen molar-refractivity contribution in [2.75, 3.05) is 75.8 Å². The van der Waals surface area contributed by atoms with Crippen LogP contribution in [0.1, 0.15) is 97.7 Å². The van der Waals surface area contributed by atoms with Gasteiger partial charge in [-0.05, 0) is 96.7 Å². The highest BCUT2D eigenvalue weighted by Gasteiger charge is 2.39. The Morgan fingerprint density at radius 2 is 1.56 bits per heavy atom. The monoisotopic (exact) mass is 1360 g/mol. The minimum absolute atomic E-state index is 0.0665. The van der Waals surface area contributed by atoms with E-state index >= 15 is 0 Å². The lowest BCUT2D eigenvalue weighted by Gasteiger charge is -2.25. The van der Waals surface area contributed by atoms with Gasteiger partial charge in [0.2, 0.25) is 35.4 Å². The number of rotatable bonds is 32. The number of aryl methyl sites for hydroxylation is 1. The van der Waals surface area contributed by atoms with Crippen LogP contribution in [0.4, 0.5) is 17.1 Å². The van der Waals surface area contributed by atoms with Crippen molar-refractivity contribution in [2.24, 2.45) is 16.8 Å². The van der Waals surface area contributed by atoms with Crippen LogP contribution in [0.15, 0.2) is 108 Å². The first-order chi connectivity index (χ1) is 47.2. The van der Waals surface area contributed by atoms with Gasteiger partial charge in [-0.1, -0.05) is 73.9 Å². The number of aromatic hydroxyl groups is 1. The van der Waals surface area contributed by atoms with Crippen LogP contribution in [0.25, 0.3) is 16.3 Å². The fourth-order valence-electron chi connectivity index (χ4n) is 12.5. The molecule has 27 nitrogen and oxygen atoms in total. The lowest BCUT2D eigenvalue weighted by Crippen LogP contribution is -2.56. The number of unbranched alkanes of at least 4 members (excludes halogenated alkanes) is 1. The van der Waals surface area contributed by atoms with E-state index in [1.165, 1.54) is 7.11 Å². The Bertz CT molecular complexity index is 3960. The average molecular weight is 1360 g/mol. The summed E-state index contributed by atoms with van der Waals surface area (Å²) in [7, 11) is 1.49. The summed E-state index contributed by atoms with van der Waals surface area (Å²) in [6.45, 7) is 1.45. The number of ether oxygens (including phenoxy) is 3. The van der Waals surface area contributed by atoms with Gasteiger partial charge in [-0.2, -0.15) is 0 Å². The molecule has 4 aromatic carbocycles. The quantitative estimate of drug-likeness (QED) is 0.0139. The smallest absolute Gasteiger partial charge is 0.317 e. The Hall–Kier alpha value is -10.3. The summed E-state index contributed by atoms with van der Waals surface area (Å²) in [5.41, 5.74) is 6.44. The number of phenolic OH excluding ortho intramolecular Hbond substituents is 1. The number of nitrogens with one attached hydrogen (secondary N) is 7. The number of fused-ring (bicyclic) bond motifs is 5. The molecule has 0 spiro atoms. The Kier molecular flexibility index (Phi) is 23.2. The van der Waals surface area contributed by atoms with Gasteiger partial charge in [0.25, 0.3) is 23.6 Å². The first-order valence-electron chi connectivity index (χ1n) is 32.5. The molecule has 4 heterocycles. The number of nitrogens with zero attached hydrogens (tertiary/aromatic N) is 4. The molecular formula is C70H78ClN11O16. The topological polar surface area (TPSA) is 362 Å². The van der Waals surface area contributed by atoms with Crippen LogP contribution < -0.4 is 51.6 Å². The predicted octanol–water partition coefficient (Wildman–Crippen LogP) is 4.66. The molecule has 0 aromatic heterocycles. The number of aliphatic carboxylic acids is 1. The van der Waals surface area contributed by atoms with Crippen LogP contribution in [-0.4, -0.2) is 181 Å². The highest BCUT2D eigenvalue weighted by Crippen LogP contribution is 2.47. The molecule has 4 unspecified atom stereocenters. The summed E-state index contributed by atoms with van der Waals surface area (Å²) in [5, 5.41) is 39.3. The van der Waals surface area contributed by atoms with E-state index in [2.05, 4.69) is 37.2 Å². The number of amides is 10. The van der Waals surface area contributed by atoms with Crippen LogP contribution >= 0.6 is 11.6 Å². The van der Waals surface area contributed by atoms with E-state index in [4.69, 9.17) is 35.9 Å². The van der Waals surface area contributed by atoms with Gasteiger partial charge in [0.1, 0.15) is 30.7 Å². The third-order valence-corrected chi connectivity index (χ3v) is 18.0. The number of benzene rings is 4. The standard InChI is InChI=1S/C70H78ClN11O16/c1-39-8-6-10-42(22-39)23-51(79-60(86)34-74-58(84)32-76-68(93)53(31-72-35-64(90)91)82-62(88)19-20-63(82)89)67(92)75-33-59(85)77-38-98-57(24-41-13-14-41)69(94)78-46-17-15-43(16-18-46)44-25-47-30-73-50-27-56(55(96-3)26-49(50)70(95)80(47)36-44)97-21-5-4-12-61(87)81-37-45(29-71)66-52(81)28-54(83)48-11-7-9-40(2)65(48)66/h6-11,15-20,26-28,30,36,39,41,45,47,51,53,57,72,83H,4-5,12-14,21-25,29,31-35,37-38H2,1-3H3,(H,74,84)(H,75,92)(H,76,93)(H,77,85)(H,78,94)(H,79,86)(H,90,91)/t39?,45?,47-,51-,53?,57?/m0/s1. The zero-order valence-corrected chi connectivity index (χ0v) is 55.1. The second-order valence-electron chi connectivity index (χ2n) is 24.9. The number of hydrogen-bond acceptors (Lipinski definition) is 17. The summed E-state index contributed by atoms with van der Waals surface area (Å²) in [5.74, 6) is -6.05. The number of carboxylic acid groups (broad SMARTS) is 1. The summed E-state index contributed by atoms with van der Waals surface area (Å²) in [6.07, 6.45) is 14.8. The third-order valence-electron chi connectivity index (χ3n) is 17.7. The number of aliphatic imine (C=N–C) groups is 1. The molecule has 98 heavy (non-hydrogen) atoms. The molecule has 0 bridgehead atoms. The van der Waals surface area contributed by atoms with Crippen LogP contribution in [-0.2, 0) is 52.7 Å². The first kappa shape index (κ1) is 70.5. The first-order valence-corrected chi connectivity index (χ1v) is 33.0. The Labute approximate surface area is 569 Å². The van der Waals surface area contributed by atoms with Gasteiger partial charge in [0.05, 0.1) is 62.9 Å². The molecule has 10 rings (SSSR count). The molecular weight excluding hydrogens is 1290 g/mol. The van der Waals surface area contributed by atoms with E-state index < -0.39 is 104 Å². The van der Waals surface area contributed by atoms with Gasteiger partial charge in [-0.25, -0.2) is 0 Å². The molecule has 0 radical (unpaired) electrons.